The number of rotatable bonds is 7. The molecule has 34 heavy (non-hydrogen) atoms. The van der Waals surface area contributed by atoms with Gasteiger partial charge in [-0.25, -0.2) is 13.6 Å². The van der Waals surface area contributed by atoms with Crippen molar-refractivity contribution >= 4 is 22.8 Å². The molecule has 0 N–H and O–H groups in total. The van der Waals surface area contributed by atoms with Crippen LogP contribution in [0.1, 0.15) is 56.0 Å². The van der Waals surface area contributed by atoms with Crippen molar-refractivity contribution in [2.24, 2.45) is 5.92 Å². The summed E-state index contributed by atoms with van der Waals surface area (Å²) in [5, 5.41) is 5.58. The minimum atomic E-state index is -2.60. The zero-order valence-corrected chi connectivity index (χ0v) is 20.4. The molecule has 186 valence electrons. The van der Waals surface area contributed by atoms with Gasteiger partial charge in [-0.3, -0.25) is 14.4 Å². The van der Waals surface area contributed by atoms with Gasteiger partial charge >= 0.3 is 6.09 Å². The third-order valence-corrected chi connectivity index (χ3v) is 6.49. The molecule has 0 radical (unpaired) electrons. The van der Waals surface area contributed by atoms with Crippen molar-refractivity contribution in [1.29, 1.82) is 0 Å². The molecule has 1 aromatic carbocycles. The SMILES string of the molecule is Cc1c(C(=O)CCCN2CCC(F)(F)C2)ccc2nn(CC3CN(C(=O)OC(C)(C)C)C3)cc12. The fourth-order valence-corrected chi connectivity index (χ4v) is 4.70. The number of fused-ring (bicyclic) bond motifs is 1. The van der Waals surface area contributed by atoms with E-state index in [1.807, 2.05) is 50.7 Å². The van der Waals surface area contributed by atoms with Crippen molar-refractivity contribution in [3.05, 3.63) is 29.5 Å². The third kappa shape index (κ3) is 5.74. The van der Waals surface area contributed by atoms with E-state index in [1.54, 1.807) is 9.80 Å². The highest BCUT2D eigenvalue weighted by Gasteiger charge is 2.37. The summed E-state index contributed by atoms with van der Waals surface area (Å²) in [4.78, 5) is 28.4. The summed E-state index contributed by atoms with van der Waals surface area (Å²) >= 11 is 0. The second kappa shape index (κ2) is 9.24. The van der Waals surface area contributed by atoms with Gasteiger partial charge in [0.15, 0.2) is 5.78 Å². The summed E-state index contributed by atoms with van der Waals surface area (Å²) in [6.07, 6.45) is 2.49. The Kier molecular flexibility index (Phi) is 6.68. The van der Waals surface area contributed by atoms with Crippen LogP contribution in [0.4, 0.5) is 13.6 Å². The van der Waals surface area contributed by atoms with Crippen LogP contribution in [-0.4, -0.2) is 75.7 Å². The molecule has 0 spiro atoms. The summed E-state index contributed by atoms with van der Waals surface area (Å²) < 4.78 is 33.9. The first-order valence-corrected chi connectivity index (χ1v) is 12.0. The Morgan fingerprint density at radius 1 is 1.24 bits per heavy atom. The molecule has 2 saturated heterocycles. The molecule has 0 saturated carbocycles. The number of hydrogen-bond donors (Lipinski definition) is 0. The maximum absolute atomic E-state index is 13.3. The van der Waals surface area contributed by atoms with Crippen LogP contribution in [0.5, 0.6) is 0 Å². The quantitative estimate of drug-likeness (QED) is 0.550. The topological polar surface area (TPSA) is 67.7 Å². The number of Topliss-reactive ketones (excluding diaryl/α,β-unsaturated/α-hetero) is 1. The molecule has 1 amide bonds. The van der Waals surface area contributed by atoms with Crippen molar-refractivity contribution < 1.29 is 23.1 Å². The van der Waals surface area contributed by atoms with Crippen LogP contribution < -0.4 is 0 Å². The lowest BCUT2D eigenvalue weighted by atomic mass is 9.98. The molecule has 0 unspecified atom stereocenters. The Balaban J connectivity index is 1.31. The van der Waals surface area contributed by atoms with E-state index < -0.39 is 11.5 Å². The Morgan fingerprint density at radius 3 is 2.62 bits per heavy atom. The van der Waals surface area contributed by atoms with E-state index >= 15 is 0 Å². The lowest BCUT2D eigenvalue weighted by Gasteiger charge is -2.39. The van der Waals surface area contributed by atoms with Gasteiger partial charge in [0.1, 0.15) is 5.60 Å². The van der Waals surface area contributed by atoms with Crippen LogP contribution in [0.15, 0.2) is 18.3 Å². The maximum Gasteiger partial charge on any atom is 0.410 e. The lowest BCUT2D eigenvalue weighted by Crippen LogP contribution is -2.52. The van der Waals surface area contributed by atoms with Crippen molar-refractivity contribution in [2.75, 3.05) is 32.7 Å². The second-order valence-corrected chi connectivity index (χ2v) is 10.7. The molecule has 2 aromatic rings. The summed E-state index contributed by atoms with van der Waals surface area (Å²) in [5.74, 6) is -2.26. The molecular weight excluding hydrogens is 442 g/mol. The smallest absolute Gasteiger partial charge is 0.410 e. The number of carbonyl (C=O) groups is 2. The summed E-state index contributed by atoms with van der Waals surface area (Å²) in [6.45, 7) is 10.2. The van der Waals surface area contributed by atoms with Crippen LogP contribution in [0.2, 0.25) is 0 Å². The average molecular weight is 477 g/mol. The molecule has 0 aliphatic carbocycles. The molecule has 7 nitrogen and oxygen atoms in total. The number of aromatic nitrogens is 2. The zero-order valence-electron chi connectivity index (χ0n) is 20.4. The third-order valence-electron chi connectivity index (χ3n) is 6.49. The first-order valence-electron chi connectivity index (χ1n) is 12.0. The number of ether oxygens (including phenoxy) is 1. The highest BCUT2D eigenvalue weighted by atomic mass is 19.3. The predicted molar refractivity (Wildman–Crippen MR) is 125 cm³/mol. The molecule has 2 aliphatic rings. The number of carbonyl (C=O) groups excluding carboxylic acids is 2. The van der Waals surface area contributed by atoms with E-state index in [9.17, 15) is 18.4 Å². The van der Waals surface area contributed by atoms with E-state index in [-0.39, 0.29) is 24.8 Å². The number of amides is 1. The Bertz CT molecular complexity index is 1070. The number of ketones is 1. The fraction of sp³-hybridized carbons (Fsp3) is 0.640. The maximum atomic E-state index is 13.3. The van der Waals surface area contributed by atoms with Gasteiger partial charge in [0, 0.05) is 62.1 Å². The largest absolute Gasteiger partial charge is 0.444 e. The predicted octanol–water partition coefficient (Wildman–Crippen LogP) is 4.52. The van der Waals surface area contributed by atoms with Gasteiger partial charge in [-0.05, 0) is 58.4 Å². The normalized spacial score (nSPS) is 18.9. The van der Waals surface area contributed by atoms with Gasteiger partial charge in [0.2, 0.25) is 0 Å². The van der Waals surface area contributed by atoms with Gasteiger partial charge in [-0.1, -0.05) is 0 Å². The van der Waals surface area contributed by atoms with E-state index in [2.05, 4.69) is 5.10 Å². The monoisotopic (exact) mass is 476 g/mol. The number of aryl methyl sites for hydroxylation is 1. The van der Waals surface area contributed by atoms with Crippen LogP contribution >= 0.6 is 0 Å². The minimum Gasteiger partial charge on any atom is -0.444 e. The van der Waals surface area contributed by atoms with Crippen molar-refractivity contribution in [1.82, 2.24) is 19.6 Å². The summed E-state index contributed by atoms with van der Waals surface area (Å²) in [6, 6.07) is 3.68. The first-order chi connectivity index (χ1) is 15.9. The summed E-state index contributed by atoms with van der Waals surface area (Å²) in [5.41, 5.74) is 1.89. The highest BCUT2D eigenvalue weighted by Crippen LogP contribution is 2.28. The Labute approximate surface area is 199 Å². The van der Waals surface area contributed by atoms with Crippen molar-refractivity contribution in [2.45, 2.75) is 65.0 Å². The first kappa shape index (κ1) is 24.6. The summed E-state index contributed by atoms with van der Waals surface area (Å²) in [7, 11) is 0. The Hall–Kier alpha value is -2.55. The number of alkyl halides is 2. The molecule has 0 atom stereocenters. The zero-order chi connectivity index (χ0) is 24.7. The number of likely N-dealkylation sites (tertiary alicyclic amines) is 2. The molecule has 4 rings (SSSR count). The molecule has 1 aromatic heterocycles. The average Bonchev–Trinajstić information content (AvgIpc) is 3.26. The number of benzene rings is 1. The van der Waals surface area contributed by atoms with Crippen LogP contribution in [-0.2, 0) is 11.3 Å². The van der Waals surface area contributed by atoms with E-state index in [1.165, 1.54) is 0 Å². The van der Waals surface area contributed by atoms with Gasteiger partial charge in [-0.2, -0.15) is 5.10 Å². The van der Waals surface area contributed by atoms with Gasteiger partial charge < -0.3 is 9.64 Å². The molecule has 9 heteroatoms. The van der Waals surface area contributed by atoms with Crippen LogP contribution in [0, 0.1) is 12.8 Å². The van der Waals surface area contributed by atoms with E-state index in [4.69, 9.17) is 4.74 Å². The van der Waals surface area contributed by atoms with Crippen LogP contribution in [0.25, 0.3) is 10.9 Å². The van der Waals surface area contributed by atoms with Gasteiger partial charge in [0.25, 0.3) is 5.92 Å². The van der Waals surface area contributed by atoms with Crippen LogP contribution in [0.3, 0.4) is 0 Å². The van der Waals surface area contributed by atoms with Crippen molar-refractivity contribution in [3.8, 4) is 0 Å². The van der Waals surface area contributed by atoms with Gasteiger partial charge in [0.05, 0.1) is 12.1 Å². The number of nitrogens with zero attached hydrogens (tertiary/aromatic N) is 4. The lowest BCUT2D eigenvalue weighted by molar-refractivity contribution is -0.00385. The van der Waals surface area contributed by atoms with Gasteiger partial charge in [-0.15, -0.1) is 0 Å². The van der Waals surface area contributed by atoms with E-state index in [0.717, 1.165) is 16.5 Å². The highest BCUT2D eigenvalue weighted by molar-refractivity contribution is 6.01. The number of halogens is 2. The minimum absolute atomic E-state index is 0.0325. The molecule has 2 fully saturated rings. The van der Waals surface area contributed by atoms with E-state index in [0.29, 0.717) is 57.0 Å². The number of hydrogen-bond acceptors (Lipinski definition) is 5. The fourth-order valence-electron chi connectivity index (χ4n) is 4.70. The molecular formula is C25H34F2N4O3. The molecule has 0 bridgehead atoms. The standard InChI is InChI=1S/C25H34F2N4O3/c1-17-19(22(32)6-5-10-29-11-9-25(26,27)16-29)7-8-21-20(17)15-31(28-21)14-18-12-30(13-18)23(33)34-24(2,3)4/h7-8,15,18H,5-6,9-14,16H2,1-4H3. The second-order valence-electron chi connectivity index (χ2n) is 10.7. The van der Waals surface area contributed by atoms with Crippen molar-refractivity contribution in [3.63, 3.8) is 0 Å². The Morgan fingerprint density at radius 2 is 1.97 bits per heavy atom. The molecule has 2 aliphatic heterocycles. The molecule has 3 heterocycles.